The van der Waals surface area contributed by atoms with Gasteiger partial charge in [-0.05, 0) is 42.0 Å². The Kier molecular flexibility index (Phi) is 5.46. The lowest BCUT2D eigenvalue weighted by atomic mass is 10.2. The van der Waals surface area contributed by atoms with Gasteiger partial charge in [-0.15, -0.1) is 10.2 Å². The van der Waals surface area contributed by atoms with Crippen molar-refractivity contribution in [2.45, 2.75) is 6.54 Å². The molecule has 1 fully saturated rings. The molecule has 0 spiro atoms. The molecule has 2 amide bonds. The van der Waals surface area contributed by atoms with Gasteiger partial charge >= 0.3 is 0 Å². The molecule has 1 aliphatic heterocycles. The second-order valence-electron chi connectivity index (χ2n) is 6.57. The molecule has 0 saturated carbocycles. The summed E-state index contributed by atoms with van der Waals surface area (Å²) in [4.78, 5) is 32.3. The minimum Gasteiger partial charge on any atom is -0.459 e. The lowest BCUT2D eigenvalue weighted by Crippen LogP contribution is -2.49. The van der Waals surface area contributed by atoms with Crippen molar-refractivity contribution < 1.29 is 14.0 Å². The molecule has 0 atom stereocenters. The van der Waals surface area contributed by atoms with Gasteiger partial charge in [-0.25, -0.2) is 0 Å². The van der Waals surface area contributed by atoms with E-state index in [-0.39, 0.29) is 17.5 Å². The van der Waals surface area contributed by atoms with Crippen molar-refractivity contribution in [3.05, 3.63) is 72.1 Å². The van der Waals surface area contributed by atoms with Crippen molar-refractivity contribution in [2.75, 3.05) is 31.1 Å². The molecule has 1 saturated heterocycles. The van der Waals surface area contributed by atoms with Crippen LogP contribution in [-0.2, 0) is 6.54 Å². The van der Waals surface area contributed by atoms with Gasteiger partial charge in [-0.1, -0.05) is 0 Å². The van der Waals surface area contributed by atoms with E-state index in [0.29, 0.717) is 44.3 Å². The molecule has 3 aromatic heterocycles. The number of aromatic nitrogens is 3. The van der Waals surface area contributed by atoms with E-state index in [1.807, 2.05) is 17.0 Å². The number of nitrogens with zero attached hydrogens (tertiary/aromatic N) is 5. The number of carbonyl (C=O) groups is 2. The van der Waals surface area contributed by atoms with Crippen LogP contribution in [0.2, 0.25) is 0 Å². The molecule has 9 nitrogen and oxygen atoms in total. The third-order valence-corrected chi connectivity index (χ3v) is 4.71. The van der Waals surface area contributed by atoms with E-state index < -0.39 is 0 Å². The number of nitrogens with one attached hydrogen (secondary N) is 1. The number of hydrogen-bond donors (Lipinski definition) is 1. The van der Waals surface area contributed by atoms with Crippen molar-refractivity contribution in [3.63, 3.8) is 0 Å². The molecule has 0 aliphatic carbocycles. The van der Waals surface area contributed by atoms with Gasteiger partial charge in [0.25, 0.3) is 11.8 Å². The molecule has 4 rings (SSSR count). The van der Waals surface area contributed by atoms with Gasteiger partial charge in [0.2, 0.25) is 0 Å². The summed E-state index contributed by atoms with van der Waals surface area (Å²) in [6, 6.07) is 10.5. The highest BCUT2D eigenvalue weighted by atomic mass is 16.3. The van der Waals surface area contributed by atoms with E-state index >= 15 is 0 Å². The Hall–Kier alpha value is -3.75. The molecule has 0 radical (unpaired) electrons. The zero-order valence-electron chi connectivity index (χ0n) is 15.7. The van der Waals surface area contributed by atoms with Crippen LogP contribution in [0.1, 0.15) is 26.6 Å². The summed E-state index contributed by atoms with van der Waals surface area (Å²) in [6.45, 7) is 2.80. The number of amides is 2. The SMILES string of the molecule is O=C(NCc1ccncc1)c1ccc(N2CCN(C(=O)c3ccco3)CC2)nn1. The van der Waals surface area contributed by atoms with E-state index in [9.17, 15) is 9.59 Å². The fourth-order valence-electron chi connectivity index (χ4n) is 3.08. The van der Waals surface area contributed by atoms with Gasteiger partial charge in [0.15, 0.2) is 17.3 Å². The van der Waals surface area contributed by atoms with Gasteiger partial charge in [-0.3, -0.25) is 14.6 Å². The summed E-state index contributed by atoms with van der Waals surface area (Å²) in [5, 5.41) is 11.0. The van der Waals surface area contributed by atoms with Gasteiger partial charge in [0, 0.05) is 45.1 Å². The minimum atomic E-state index is -0.283. The molecule has 0 bridgehead atoms. The summed E-state index contributed by atoms with van der Waals surface area (Å²) < 4.78 is 5.18. The molecule has 0 unspecified atom stereocenters. The quantitative estimate of drug-likeness (QED) is 0.699. The van der Waals surface area contributed by atoms with Crippen molar-refractivity contribution in [3.8, 4) is 0 Å². The molecular formula is C20H20N6O3. The Labute approximate surface area is 167 Å². The summed E-state index contributed by atoms with van der Waals surface area (Å²) >= 11 is 0. The first-order valence-corrected chi connectivity index (χ1v) is 9.29. The Morgan fingerprint density at radius 2 is 1.79 bits per heavy atom. The maximum Gasteiger partial charge on any atom is 0.289 e. The largest absolute Gasteiger partial charge is 0.459 e. The molecule has 1 aliphatic rings. The third-order valence-electron chi connectivity index (χ3n) is 4.71. The maximum absolute atomic E-state index is 12.3. The predicted octanol–water partition coefficient (Wildman–Crippen LogP) is 1.36. The Morgan fingerprint density at radius 1 is 1.00 bits per heavy atom. The minimum absolute atomic E-state index is 0.109. The van der Waals surface area contributed by atoms with E-state index in [0.717, 1.165) is 5.56 Å². The van der Waals surface area contributed by atoms with Crippen LogP contribution in [0.15, 0.2) is 59.5 Å². The molecule has 9 heteroatoms. The van der Waals surface area contributed by atoms with Gasteiger partial charge in [0.1, 0.15) is 0 Å². The summed E-state index contributed by atoms with van der Waals surface area (Å²) in [7, 11) is 0. The van der Waals surface area contributed by atoms with Crippen LogP contribution in [0.3, 0.4) is 0 Å². The molecule has 0 aromatic carbocycles. The molecule has 3 aromatic rings. The predicted molar refractivity (Wildman–Crippen MR) is 104 cm³/mol. The standard InChI is InChI=1S/C20H20N6O3/c27-19(22-14-15-5-7-21-8-6-15)16-3-4-18(24-23-16)25-9-11-26(12-10-25)20(28)17-2-1-13-29-17/h1-8,13H,9-12,14H2,(H,22,27). The Morgan fingerprint density at radius 3 is 2.45 bits per heavy atom. The first-order valence-electron chi connectivity index (χ1n) is 9.29. The molecule has 1 N–H and O–H groups in total. The number of pyridine rings is 1. The highest BCUT2D eigenvalue weighted by molar-refractivity contribution is 5.92. The topological polar surface area (TPSA) is 104 Å². The highest BCUT2D eigenvalue weighted by Crippen LogP contribution is 2.15. The highest BCUT2D eigenvalue weighted by Gasteiger charge is 2.24. The monoisotopic (exact) mass is 392 g/mol. The fourth-order valence-corrected chi connectivity index (χ4v) is 3.08. The summed E-state index contributed by atoms with van der Waals surface area (Å²) in [5.41, 5.74) is 1.22. The zero-order valence-corrected chi connectivity index (χ0v) is 15.7. The molecular weight excluding hydrogens is 372 g/mol. The fraction of sp³-hybridized carbons (Fsp3) is 0.250. The van der Waals surface area contributed by atoms with Gasteiger partial charge < -0.3 is 19.5 Å². The maximum atomic E-state index is 12.3. The normalized spacial score (nSPS) is 13.9. The number of furan rings is 1. The number of rotatable bonds is 5. The Bertz CT molecular complexity index is 952. The van der Waals surface area contributed by atoms with Crippen molar-refractivity contribution in [1.82, 2.24) is 25.4 Å². The first kappa shape index (κ1) is 18.6. The number of piperazine rings is 1. The average Bonchev–Trinajstić information content (AvgIpc) is 3.33. The smallest absolute Gasteiger partial charge is 0.289 e. The molecule has 148 valence electrons. The lowest BCUT2D eigenvalue weighted by Gasteiger charge is -2.34. The number of hydrogen-bond acceptors (Lipinski definition) is 7. The van der Waals surface area contributed by atoms with E-state index in [1.54, 1.807) is 41.6 Å². The van der Waals surface area contributed by atoms with Crippen molar-refractivity contribution in [2.24, 2.45) is 0 Å². The van der Waals surface area contributed by atoms with Crippen LogP contribution in [0.4, 0.5) is 5.82 Å². The Balaban J connectivity index is 1.30. The summed E-state index contributed by atoms with van der Waals surface area (Å²) in [5.74, 6) is 0.637. The molecule has 29 heavy (non-hydrogen) atoms. The number of carbonyl (C=O) groups excluding carboxylic acids is 2. The van der Waals surface area contributed by atoms with Gasteiger partial charge in [0.05, 0.1) is 6.26 Å². The first-order chi connectivity index (χ1) is 14.2. The second-order valence-corrected chi connectivity index (χ2v) is 6.57. The van der Waals surface area contributed by atoms with E-state index in [2.05, 4.69) is 20.5 Å². The van der Waals surface area contributed by atoms with Crippen LogP contribution in [0.25, 0.3) is 0 Å². The third kappa shape index (κ3) is 4.40. The van der Waals surface area contributed by atoms with E-state index in [4.69, 9.17) is 4.42 Å². The molecule has 4 heterocycles. The van der Waals surface area contributed by atoms with Crippen LogP contribution in [-0.4, -0.2) is 58.1 Å². The zero-order chi connectivity index (χ0) is 20.1. The summed E-state index contributed by atoms with van der Waals surface area (Å²) in [6.07, 6.45) is 4.85. The second kappa shape index (κ2) is 8.51. The van der Waals surface area contributed by atoms with Crippen LogP contribution in [0, 0.1) is 0 Å². The van der Waals surface area contributed by atoms with Crippen LogP contribution < -0.4 is 10.2 Å². The van der Waals surface area contributed by atoms with Crippen LogP contribution >= 0.6 is 0 Å². The van der Waals surface area contributed by atoms with E-state index in [1.165, 1.54) is 6.26 Å². The number of anilines is 1. The van der Waals surface area contributed by atoms with Crippen molar-refractivity contribution >= 4 is 17.6 Å². The van der Waals surface area contributed by atoms with Crippen molar-refractivity contribution in [1.29, 1.82) is 0 Å². The van der Waals surface area contributed by atoms with Gasteiger partial charge in [-0.2, -0.15) is 0 Å². The lowest BCUT2D eigenvalue weighted by molar-refractivity contribution is 0.0714. The van der Waals surface area contributed by atoms with Crippen LogP contribution in [0.5, 0.6) is 0 Å². The average molecular weight is 392 g/mol.